The maximum absolute atomic E-state index is 12.8. The number of carbonyl (C=O) groups is 1. The first kappa shape index (κ1) is 19.2. The van der Waals surface area contributed by atoms with Crippen molar-refractivity contribution < 1.29 is 19.6 Å². The summed E-state index contributed by atoms with van der Waals surface area (Å²) in [5.74, 6) is -1.40. The van der Waals surface area contributed by atoms with Gasteiger partial charge in [0.25, 0.3) is 11.6 Å². The third kappa shape index (κ3) is 3.75. The molecule has 1 heterocycles. The van der Waals surface area contributed by atoms with E-state index in [1.165, 1.54) is 24.2 Å². The van der Waals surface area contributed by atoms with Gasteiger partial charge in [-0.05, 0) is 35.9 Å². The second-order valence-corrected chi connectivity index (χ2v) is 7.44. The van der Waals surface area contributed by atoms with Crippen molar-refractivity contribution in [1.29, 1.82) is 0 Å². The van der Waals surface area contributed by atoms with E-state index in [2.05, 4.69) is 0 Å². The number of hydrogen-bond donors (Lipinski definition) is 0. The SMILES string of the molecule is COc1cc(/C=C2/SC(=S)N(c3cccc(Cl)c3)C2=O)cc([N+](=O)[O-])c1[O-]. The highest BCUT2D eigenvalue weighted by molar-refractivity contribution is 8.27. The van der Waals surface area contributed by atoms with Crippen LogP contribution in [0.25, 0.3) is 6.08 Å². The number of nitro groups is 1. The molecule has 0 radical (unpaired) electrons. The molecule has 1 saturated heterocycles. The van der Waals surface area contributed by atoms with E-state index in [0.29, 0.717) is 15.0 Å². The second-order valence-electron chi connectivity index (χ2n) is 5.33. The second kappa shape index (κ2) is 7.55. The number of ether oxygens (including phenoxy) is 1. The highest BCUT2D eigenvalue weighted by Gasteiger charge is 2.33. The van der Waals surface area contributed by atoms with Crippen LogP contribution in [0.15, 0.2) is 41.3 Å². The van der Waals surface area contributed by atoms with Gasteiger partial charge in [-0.1, -0.05) is 41.6 Å². The van der Waals surface area contributed by atoms with Crippen molar-refractivity contribution in [2.45, 2.75) is 0 Å². The lowest BCUT2D eigenvalue weighted by molar-refractivity contribution is -0.398. The summed E-state index contributed by atoms with van der Waals surface area (Å²) in [6, 6.07) is 9.10. The lowest BCUT2D eigenvalue weighted by atomic mass is 10.1. The Morgan fingerprint density at radius 3 is 2.70 bits per heavy atom. The van der Waals surface area contributed by atoms with E-state index in [4.69, 9.17) is 28.6 Å². The van der Waals surface area contributed by atoms with Crippen LogP contribution >= 0.6 is 35.6 Å². The van der Waals surface area contributed by atoms with E-state index < -0.39 is 16.4 Å². The van der Waals surface area contributed by atoms with Gasteiger partial charge in [0.2, 0.25) is 0 Å². The van der Waals surface area contributed by atoms with E-state index >= 15 is 0 Å². The van der Waals surface area contributed by atoms with Crippen LogP contribution < -0.4 is 14.7 Å². The van der Waals surface area contributed by atoms with Crippen LogP contribution in [0, 0.1) is 10.1 Å². The van der Waals surface area contributed by atoms with Crippen molar-refractivity contribution in [1.82, 2.24) is 0 Å². The van der Waals surface area contributed by atoms with E-state index in [1.807, 2.05) is 0 Å². The van der Waals surface area contributed by atoms with Crippen LogP contribution in [0.1, 0.15) is 5.56 Å². The first-order chi connectivity index (χ1) is 12.8. The van der Waals surface area contributed by atoms with Crippen molar-refractivity contribution in [3.05, 3.63) is 62.0 Å². The summed E-state index contributed by atoms with van der Waals surface area (Å²) in [5, 5.41) is 23.5. The average molecular weight is 422 g/mol. The zero-order valence-electron chi connectivity index (χ0n) is 13.7. The molecular weight excluding hydrogens is 412 g/mol. The van der Waals surface area contributed by atoms with Crippen molar-refractivity contribution in [2.24, 2.45) is 0 Å². The van der Waals surface area contributed by atoms with Crippen molar-refractivity contribution in [3.8, 4) is 11.5 Å². The molecule has 3 rings (SSSR count). The molecule has 1 aliphatic heterocycles. The molecule has 0 atom stereocenters. The minimum atomic E-state index is -0.828. The molecule has 27 heavy (non-hydrogen) atoms. The van der Waals surface area contributed by atoms with Gasteiger partial charge < -0.3 is 9.84 Å². The normalized spacial score (nSPS) is 15.5. The summed E-state index contributed by atoms with van der Waals surface area (Å²) < 4.78 is 5.21. The molecule has 138 valence electrons. The fraction of sp³-hybridized carbons (Fsp3) is 0.0588. The van der Waals surface area contributed by atoms with E-state index in [-0.39, 0.29) is 22.1 Å². The molecule has 0 spiro atoms. The van der Waals surface area contributed by atoms with Gasteiger partial charge in [-0.25, -0.2) is 0 Å². The predicted octanol–water partition coefficient (Wildman–Crippen LogP) is 3.74. The smallest absolute Gasteiger partial charge is 0.270 e. The number of nitro benzene ring substituents is 1. The maximum Gasteiger partial charge on any atom is 0.270 e. The van der Waals surface area contributed by atoms with Gasteiger partial charge in [-0.3, -0.25) is 19.8 Å². The third-order valence-corrected chi connectivity index (χ3v) is 5.17. The zero-order valence-corrected chi connectivity index (χ0v) is 16.1. The van der Waals surface area contributed by atoms with Crippen LogP contribution in [-0.4, -0.2) is 22.3 Å². The third-order valence-electron chi connectivity index (χ3n) is 3.63. The Hall–Kier alpha value is -2.62. The number of amides is 1. The van der Waals surface area contributed by atoms with Crippen LogP contribution in [0.3, 0.4) is 0 Å². The monoisotopic (exact) mass is 421 g/mol. The highest BCUT2D eigenvalue weighted by Crippen LogP contribution is 2.39. The summed E-state index contributed by atoms with van der Waals surface area (Å²) in [7, 11) is 1.24. The number of hydrogen-bond acceptors (Lipinski definition) is 7. The summed E-state index contributed by atoms with van der Waals surface area (Å²) in [5.41, 5.74) is 0.169. The number of thioether (sulfide) groups is 1. The summed E-state index contributed by atoms with van der Waals surface area (Å²) in [6.07, 6.45) is 1.43. The molecule has 0 unspecified atom stereocenters. The Morgan fingerprint density at radius 2 is 2.07 bits per heavy atom. The van der Waals surface area contributed by atoms with Gasteiger partial charge >= 0.3 is 0 Å². The van der Waals surface area contributed by atoms with Crippen molar-refractivity contribution in [2.75, 3.05) is 12.0 Å². The molecule has 0 bridgehead atoms. The maximum atomic E-state index is 12.8. The Kier molecular flexibility index (Phi) is 5.36. The molecule has 1 fully saturated rings. The highest BCUT2D eigenvalue weighted by atomic mass is 35.5. The number of halogens is 1. The molecule has 1 amide bonds. The van der Waals surface area contributed by atoms with Gasteiger partial charge in [0, 0.05) is 16.8 Å². The Bertz CT molecular complexity index is 1010. The van der Waals surface area contributed by atoms with Gasteiger partial charge in [-0.15, -0.1) is 0 Å². The topological polar surface area (TPSA) is 95.7 Å². The quantitative estimate of drug-likeness (QED) is 0.321. The number of anilines is 1. The van der Waals surface area contributed by atoms with Crippen LogP contribution in [0.4, 0.5) is 11.4 Å². The fourth-order valence-electron chi connectivity index (χ4n) is 2.44. The molecule has 2 aromatic rings. The molecule has 7 nitrogen and oxygen atoms in total. The Labute approximate surface area is 168 Å². The minimum absolute atomic E-state index is 0.180. The van der Waals surface area contributed by atoms with Gasteiger partial charge in [0.1, 0.15) is 5.75 Å². The van der Waals surface area contributed by atoms with E-state index in [1.54, 1.807) is 24.3 Å². The van der Waals surface area contributed by atoms with E-state index in [9.17, 15) is 20.0 Å². The van der Waals surface area contributed by atoms with Gasteiger partial charge in [0.05, 0.1) is 22.6 Å². The lowest BCUT2D eigenvalue weighted by Gasteiger charge is -2.14. The molecule has 0 N–H and O–H groups in total. The van der Waals surface area contributed by atoms with E-state index in [0.717, 1.165) is 17.8 Å². The fourth-order valence-corrected chi connectivity index (χ4v) is 3.92. The molecule has 2 aromatic carbocycles. The molecule has 1 aliphatic rings. The first-order valence-electron chi connectivity index (χ1n) is 7.38. The summed E-state index contributed by atoms with van der Waals surface area (Å²) >= 11 is 12.3. The van der Waals surface area contributed by atoms with Crippen LogP contribution in [-0.2, 0) is 4.79 Å². The number of thiocarbonyl (C=S) groups is 1. The van der Waals surface area contributed by atoms with Crippen molar-refractivity contribution >= 4 is 63.3 Å². The number of nitrogens with zero attached hydrogens (tertiary/aromatic N) is 2. The van der Waals surface area contributed by atoms with Crippen LogP contribution in [0.5, 0.6) is 11.5 Å². The van der Waals surface area contributed by atoms with Crippen LogP contribution in [0.2, 0.25) is 5.02 Å². The minimum Gasteiger partial charge on any atom is -0.865 e. The molecule has 0 aliphatic carbocycles. The summed E-state index contributed by atoms with van der Waals surface area (Å²) in [6.45, 7) is 0. The Balaban J connectivity index is 2.01. The van der Waals surface area contributed by atoms with Crippen molar-refractivity contribution in [3.63, 3.8) is 0 Å². The lowest BCUT2D eigenvalue weighted by Crippen LogP contribution is -2.27. The molecule has 0 aromatic heterocycles. The Morgan fingerprint density at radius 1 is 1.33 bits per heavy atom. The largest absolute Gasteiger partial charge is 0.865 e. The van der Waals surface area contributed by atoms with Gasteiger partial charge in [0.15, 0.2) is 4.32 Å². The molecule has 10 heteroatoms. The number of carbonyl (C=O) groups excluding carboxylic acids is 1. The summed E-state index contributed by atoms with van der Waals surface area (Å²) in [4.78, 5) is 24.6. The van der Waals surface area contributed by atoms with Gasteiger partial charge in [-0.2, -0.15) is 0 Å². The first-order valence-corrected chi connectivity index (χ1v) is 8.99. The number of rotatable bonds is 4. The average Bonchev–Trinajstić information content (AvgIpc) is 2.89. The zero-order chi connectivity index (χ0) is 19.7. The molecule has 0 saturated carbocycles. The number of benzene rings is 2. The standard InChI is InChI=1S/C17H11ClN2O5S2/c1-25-13-6-9(5-12(15(13)21)20(23)24)7-14-16(22)19(17(26)27-14)11-4-2-3-10(18)8-11/h2-8,21H,1H3/p-1/b14-7+. The molecular formula is C17H10ClN2O5S2-. The number of methoxy groups -OCH3 is 1. The predicted molar refractivity (Wildman–Crippen MR) is 106 cm³/mol.